The van der Waals surface area contributed by atoms with Gasteiger partial charge in [-0.25, -0.2) is 4.98 Å². The number of hydrogen-bond acceptors (Lipinski definition) is 3. The first-order valence-corrected chi connectivity index (χ1v) is 19.5. The van der Waals surface area contributed by atoms with Crippen LogP contribution >= 0.6 is 0 Å². The van der Waals surface area contributed by atoms with E-state index in [2.05, 4.69) is 175 Å². The third-order valence-corrected chi connectivity index (χ3v) is 12.9. The maximum atomic E-state index is 6.62. The van der Waals surface area contributed by atoms with Crippen LogP contribution in [0.1, 0.15) is 0 Å². The van der Waals surface area contributed by atoms with Crippen LogP contribution in [0.5, 0.6) is 0 Å². The van der Waals surface area contributed by atoms with Gasteiger partial charge in [-0.05, 0) is 80.6 Å². The van der Waals surface area contributed by atoms with E-state index in [9.17, 15) is 0 Å². The van der Waals surface area contributed by atoms with Crippen LogP contribution in [-0.4, -0.2) is 13.8 Å². The summed E-state index contributed by atoms with van der Waals surface area (Å²) in [5, 5.41) is 10.9. The molecule has 4 heteroatoms. The Hall–Kier alpha value is -6.75. The topological polar surface area (TPSA) is 29.3 Å². The Morgan fingerprint density at radius 1 is 0.453 bits per heavy atom. The summed E-state index contributed by atoms with van der Waals surface area (Å²) >= 11 is 0. The van der Waals surface area contributed by atoms with Gasteiger partial charge in [-0.1, -0.05) is 162 Å². The summed E-state index contributed by atoms with van der Waals surface area (Å²) in [7, 11) is -1.40. The zero-order chi connectivity index (χ0) is 35.1. The number of rotatable bonds is 7. The van der Waals surface area contributed by atoms with Crippen molar-refractivity contribution < 1.29 is 4.42 Å². The smallest absolute Gasteiger partial charge is 0.227 e. The van der Waals surface area contributed by atoms with Gasteiger partial charge in [-0.2, -0.15) is 0 Å². The summed E-state index contributed by atoms with van der Waals surface area (Å²) in [5.41, 5.74) is 5.97. The van der Waals surface area contributed by atoms with Gasteiger partial charge in [-0.15, -0.1) is 0 Å². The molecule has 1 heterocycles. The van der Waals surface area contributed by atoms with Crippen molar-refractivity contribution in [1.82, 2.24) is 4.98 Å². The van der Waals surface area contributed by atoms with Gasteiger partial charge < -0.3 is 9.32 Å². The van der Waals surface area contributed by atoms with Gasteiger partial charge in [0.1, 0.15) is 5.52 Å². The lowest BCUT2D eigenvalue weighted by Crippen LogP contribution is -2.53. The molecule has 0 saturated heterocycles. The van der Waals surface area contributed by atoms with Crippen LogP contribution in [-0.2, 0) is 0 Å². The van der Waals surface area contributed by atoms with Gasteiger partial charge in [0.2, 0.25) is 5.89 Å². The van der Waals surface area contributed by atoms with Crippen LogP contribution in [0.15, 0.2) is 205 Å². The van der Waals surface area contributed by atoms with Gasteiger partial charge in [0.05, 0.1) is 0 Å². The van der Waals surface area contributed by atoms with Crippen molar-refractivity contribution in [2.24, 2.45) is 0 Å². The third-order valence-electron chi connectivity index (χ3n) is 10.1. The molecule has 53 heavy (non-hydrogen) atoms. The van der Waals surface area contributed by atoms with Crippen LogP contribution in [0.4, 0.5) is 17.1 Å². The van der Waals surface area contributed by atoms with Gasteiger partial charge in [0.15, 0.2) is 14.4 Å². The molecular weight excluding hydrogens is 661 g/mol. The minimum absolute atomic E-state index is 0.629. The highest BCUT2D eigenvalue weighted by Gasteiger charge is 2.26. The van der Waals surface area contributed by atoms with Crippen LogP contribution in [0.3, 0.4) is 0 Å². The lowest BCUT2D eigenvalue weighted by atomic mass is 10.00. The predicted octanol–water partition coefficient (Wildman–Crippen LogP) is 10.9. The second kappa shape index (κ2) is 13.1. The number of hydrogen-bond donors (Lipinski definition) is 0. The highest BCUT2D eigenvalue weighted by Crippen LogP contribution is 2.40. The van der Waals surface area contributed by atoms with Gasteiger partial charge in [0, 0.05) is 28.0 Å². The monoisotopic (exact) mass is 693 g/mol. The molecule has 0 atom stereocenters. The Morgan fingerprint density at radius 2 is 1.02 bits per heavy atom. The molecule has 9 aromatic carbocycles. The Labute approximate surface area is 309 Å². The SMILES string of the molecule is c1ccc(-c2nc3ccc4ccc5ccc(N(c6ccc7ccccc7c6)c6ccccc6[Si](c6ccccc6)c6ccccc6)cc5c4c3o2)cc1. The van der Waals surface area contributed by atoms with E-state index in [1.54, 1.807) is 0 Å². The van der Waals surface area contributed by atoms with Crippen LogP contribution in [0, 0.1) is 0 Å². The van der Waals surface area contributed by atoms with Crippen molar-refractivity contribution in [1.29, 1.82) is 0 Å². The zero-order valence-corrected chi connectivity index (χ0v) is 29.9. The van der Waals surface area contributed by atoms with Crippen LogP contribution < -0.4 is 20.5 Å². The molecule has 0 fully saturated rings. The average molecular weight is 694 g/mol. The number of fused-ring (bicyclic) bond motifs is 6. The van der Waals surface area contributed by atoms with E-state index in [1.165, 1.54) is 32.0 Å². The summed E-state index contributed by atoms with van der Waals surface area (Å²) in [6, 6.07) is 72.0. The normalized spacial score (nSPS) is 11.6. The molecule has 0 aliphatic rings. The highest BCUT2D eigenvalue weighted by atomic mass is 28.3. The Morgan fingerprint density at radius 3 is 1.77 bits per heavy atom. The minimum atomic E-state index is -1.40. The molecule has 0 bridgehead atoms. The molecule has 1 aromatic heterocycles. The molecule has 0 saturated carbocycles. The molecule has 10 rings (SSSR count). The van der Waals surface area contributed by atoms with E-state index < -0.39 is 8.80 Å². The van der Waals surface area contributed by atoms with Crippen LogP contribution in [0.2, 0.25) is 0 Å². The molecule has 10 aromatic rings. The van der Waals surface area contributed by atoms with Gasteiger partial charge in [-0.3, -0.25) is 0 Å². The molecule has 0 aliphatic carbocycles. The van der Waals surface area contributed by atoms with Crippen molar-refractivity contribution in [3.63, 3.8) is 0 Å². The molecule has 0 amide bonds. The van der Waals surface area contributed by atoms with Crippen molar-refractivity contribution in [3.8, 4) is 11.5 Å². The van der Waals surface area contributed by atoms with Gasteiger partial charge in [0.25, 0.3) is 0 Å². The quantitative estimate of drug-likeness (QED) is 0.0945. The molecule has 249 valence electrons. The fourth-order valence-corrected chi connectivity index (χ4v) is 10.4. The first-order valence-electron chi connectivity index (χ1n) is 18.0. The number of anilines is 3. The van der Waals surface area contributed by atoms with E-state index >= 15 is 0 Å². The fraction of sp³-hybridized carbons (Fsp3) is 0. The number of aromatic nitrogens is 1. The minimum Gasteiger partial charge on any atom is -0.435 e. The second-order valence-corrected chi connectivity index (χ2v) is 15.8. The van der Waals surface area contributed by atoms with Crippen molar-refractivity contribution >= 4 is 84.8 Å². The molecule has 0 aliphatic heterocycles. The number of oxazole rings is 1. The Balaban J connectivity index is 1.24. The standard InChI is InChI=1S/C49H33N2OSi/c1-4-15-37(16-5-1)49-50-44-31-28-36-25-24-35-27-30-40(33-43(35)47(36)48(44)52-49)51(39-29-26-34-14-10-11-17-38(34)32-39)45-22-12-13-23-46(45)53(41-18-6-2-7-19-41)42-20-8-3-9-21-42/h1-33H. The lowest BCUT2D eigenvalue weighted by molar-refractivity contribution is 0.623. The highest BCUT2D eigenvalue weighted by molar-refractivity contribution is 6.96. The third kappa shape index (κ3) is 5.57. The molecule has 3 nitrogen and oxygen atoms in total. The molecular formula is C49H33N2OSi. The summed E-state index contributed by atoms with van der Waals surface area (Å²) < 4.78 is 6.62. The molecule has 0 spiro atoms. The Bertz CT molecular complexity index is 2870. The van der Waals surface area contributed by atoms with Gasteiger partial charge >= 0.3 is 0 Å². The molecule has 1 radical (unpaired) electrons. The number of para-hydroxylation sites is 1. The van der Waals surface area contributed by atoms with E-state index in [1.807, 2.05) is 30.3 Å². The van der Waals surface area contributed by atoms with E-state index in [0.29, 0.717) is 5.89 Å². The summed E-state index contributed by atoms with van der Waals surface area (Å²) in [6.07, 6.45) is 0. The Kier molecular flexibility index (Phi) is 7.66. The largest absolute Gasteiger partial charge is 0.435 e. The van der Waals surface area contributed by atoms with Crippen molar-refractivity contribution in [2.75, 3.05) is 4.90 Å². The van der Waals surface area contributed by atoms with E-state index in [0.717, 1.165) is 49.6 Å². The van der Waals surface area contributed by atoms with Crippen molar-refractivity contribution in [3.05, 3.63) is 200 Å². The fourth-order valence-electron chi connectivity index (χ4n) is 7.66. The van der Waals surface area contributed by atoms with E-state index in [4.69, 9.17) is 9.40 Å². The summed E-state index contributed by atoms with van der Waals surface area (Å²) in [5.74, 6) is 0.629. The number of benzene rings is 9. The maximum Gasteiger partial charge on any atom is 0.227 e. The zero-order valence-electron chi connectivity index (χ0n) is 28.9. The average Bonchev–Trinajstić information content (AvgIpc) is 3.68. The first-order chi connectivity index (χ1) is 26.3. The predicted molar refractivity (Wildman–Crippen MR) is 224 cm³/mol. The van der Waals surface area contributed by atoms with Crippen molar-refractivity contribution in [2.45, 2.75) is 0 Å². The van der Waals surface area contributed by atoms with Crippen LogP contribution in [0.25, 0.3) is 54.9 Å². The number of nitrogens with zero attached hydrogens (tertiary/aromatic N) is 2. The molecule has 0 unspecified atom stereocenters. The second-order valence-electron chi connectivity index (χ2n) is 13.4. The maximum absolute atomic E-state index is 6.62. The molecule has 0 N–H and O–H groups in total. The van der Waals surface area contributed by atoms with E-state index in [-0.39, 0.29) is 0 Å². The lowest BCUT2D eigenvalue weighted by Gasteiger charge is -2.30. The first kappa shape index (κ1) is 31.0. The summed E-state index contributed by atoms with van der Waals surface area (Å²) in [6.45, 7) is 0. The summed E-state index contributed by atoms with van der Waals surface area (Å²) in [4.78, 5) is 7.39.